The van der Waals surface area contributed by atoms with Crippen LogP contribution in [0.3, 0.4) is 0 Å². The Morgan fingerprint density at radius 2 is 1.43 bits per heavy atom. The highest BCUT2D eigenvalue weighted by Gasteiger charge is 2.22. The van der Waals surface area contributed by atoms with Crippen molar-refractivity contribution in [1.29, 1.82) is 0 Å². The van der Waals surface area contributed by atoms with Gasteiger partial charge in [0.25, 0.3) is 5.69 Å². The highest BCUT2D eigenvalue weighted by atomic mass is 79.9. The molecule has 4 aromatic rings. The van der Waals surface area contributed by atoms with Crippen LogP contribution >= 0.6 is 15.9 Å². The molecule has 4 aromatic carbocycles. The van der Waals surface area contributed by atoms with Crippen LogP contribution in [0.1, 0.15) is 5.56 Å². The number of nitro benzene ring substituents is 2. The van der Waals surface area contributed by atoms with Gasteiger partial charge in [0.05, 0.1) is 21.6 Å². The molecule has 0 saturated carbocycles. The van der Waals surface area contributed by atoms with E-state index in [2.05, 4.69) is 20.9 Å². The Hall–Kier alpha value is -4.57. The molecule has 4 rings (SSSR count). The molecule has 0 atom stereocenters. The quantitative estimate of drug-likeness (QED) is 0.131. The van der Waals surface area contributed by atoms with Crippen molar-refractivity contribution in [2.24, 2.45) is 4.99 Å². The number of hydrogen-bond donors (Lipinski definition) is 0. The lowest BCUT2D eigenvalue weighted by Crippen LogP contribution is -1.97. The first-order valence-electron chi connectivity index (χ1n) is 10.2. The Labute approximate surface area is 207 Å². The van der Waals surface area contributed by atoms with Crippen LogP contribution in [0, 0.1) is 20.2 Å². The van der Waals surface area contributed by atoms with Gasteiger partial charge in [0.2, 0.25) is 5.75 Å². The second-order valence-electron chi connectivity index (χ2n) is 7.12. The summed E-state index contributed by atoms with van der Waals surface area (Å²) < 4.78 is 12.3. The van der Waals surface area contributed by atoms with Crippen molar-refractivity contribution >= 4 is 39.2 Å². The van der Waals surface area contributed by atoms with E-state index in [1.165, 1.54) is 6.07 Å². The summed E-state index contributed by atoms with van der Waals surface area (Å²) in [6.07, 6.45) is 1.56. The molecule has 0 bridgehead atoms. The van der Waals surface area contributed by atoms with Gasteiger partial charge in [-0.25, -0.2) is 0 Å². The molecule has 10 heteroatoms. The van der Waals surface area contributed by atoms with Crippen LogP contribution in [-0.4, -0.2) is 16.1 Å². The second-order valence-corrected chi connectivity index (χ2v) is 8.03. The molecule has 0 fully saturated rings. The third kappa shape index (κ3) is 6.06. The summed E-state index contributed by atoms with van der Waals surface area (Å²) in [4.78, 5) is 25.4. The molecule has 0 aliphatic carbocycles. The zero-order chi connectivity index (χ0) is 24.8. The van der Waals surface area contributed by atoms with Gasteiger partial charge in [-0.2, -0.15) is 0 Å². The van der Waals surface area contributed by atoms with Crippen molar-refractivity contribution in [1.82, 2.24) is 0 Å². The smallest absolute Gasteiger partial charge is 0.318 e. The monoisotopic (exact) mass is 533 g/mol. The van der Waals surface area contributed by atoms with Gasteiger partial charge in [-0.1, -0.05) is 34.1 Å². The van der Waals surface area contributed by atoms with E-state index in [0.717, 1.165) is 22.4 Å². The number of rotatable bonds is 8. The molecule has 0 radical (unpaired) electrons. The molecule has 0 amide bonds. The number of hydrogen-bond acceptors (Lipinski definition) is 7. The maximum Gasteiger partial charge on any atom is 0.318 e. The number of para-hydroxylation sites is 1. The van der Waals surface area contributed by atoms with Crippen LogP contribution in [0.4, 0.5) is 17.1 Å². The molecule has 0 unspecified atom stereocenters. The van der Waals surface area contributed by atoms with E-state index in [-0.39, 0.29) is 11.5 Å². The summed E-state index contributed by atoms with van der Waals surface area (Å²) in [7, 11) is 0. The average Bonchev–Trinajstić information content (AvgIpc) is 2.85. The Morgan fingerprint density at radius 3 is 2.11 bits per heavy atom. The number of ether oxygens (including phenoxy) is 2. The fourth-order valence-electron chi connectivity index (χ4n) is 3.05. The highest BCUT2D eigenvalue weighted by Crippen LogP contribution is 2.36. The first kappa shape index (κ1) is 23.6. The van der Waals surface area contributed by atoms with Gasteiger partial charge < -0.3 is 9.47 Å². The van der Waals surface area contributed by atoms with Crippen LogP contribution in [0.15, 0.2) is 100 Å². The number of benzene rings is 4. The summed E-state index contributed by atoms with van der Waals surface area (Å²) in [5.41, 5.74) is 0.273. The van der Waals surface area contributed by atoms with E-state index in [4.69, 9.17) is 9.47 Å². The van der Waals surface area contributed by atoms with Crippen LogP contribution in [0.5, 0.6) is 23.0 Å². The van der Waals surface area contributed by atoms with E-state index in [1.54, 1.807) is 48.7 Å². The molecular weight excluding hydrogens is 518 g/mol. The number of halogens is 1. The highest BCUT2D eigenvalue weighted by molar-refractivity contribution is 9.10. The van der Waals surface area contributed by atoms with Gasteiger partial charge >= 0.3 is 5.69 Å². The Morgan fingerprint density at radius 1 is 0.743 bits per heavy atom. The molecule has 0 aliphatic rings. The van der Waals surface area contributed by atoms with Crippen molar-refractivity contribution in [2.45, 2.75) is 0 Å². The molecule has 9 nitrogen and oxygen atoms in total. The summed E-state index contributed by atoms with van der Waals surface area (Å²) in [5.74, 6) is 1.55. The fourth-order valence-corrected chi connectivity index (χ4v) is 3.43. The minimum atomic E-state index is -0.728. The lowest BCUT2D eigenvalue weighted by Gasteiger charge is -2.09. The molecule has 0 aliphatic heterocycles. The van der Waals surface area contributed by atoms with E-state index in [0.29, 0.717) is 17.0 Å². The predicted molar refractivity (Wildman–Crippen MR) is 134 cm³/mol. The lowest BCUT2D eigenvalue weighted by atomic mass is 10.2. The summed E-state index contributed by atoms with van der Waals surface area (Å²) in [6, 6.07) is 24.8. The van der Waals surface area contributed by atoms with Crippen LogP contribution < -0.4 is 9.47 Å². The van der Waals surface area contributed by atoms with Crippen molar-refractivity contribution in [3.8, 4) is 23.0 Å². The maximum absolute atomic E-state index is 11.4. The summed E-state index contributed by atoms with van der Waals surface area (Å²) in [6.45, 7) is 0. The van der Waals surface area contributed by atoms with E-state index in [9.17, 15) is 20.2 Å². The third-order valence-electron chi connectivity index (χ3n) is 4.71. The van der Waals surface area contributed by atoms with Crippen LogP contribution in [0.2, 0.25) is 0 Å². The molecule has 0 heterocycles. The average molecular weight is 534 g/mol. The number of aliphatic imine (C=N–C) groups is 1. The Kier molecular flexibility index (Phi) is 7.12. The zero-order valence-corrected chi connectivity index (χ0v) is 19.5. The fraction of sp³-hybridized carbons (Fsp3) is 0. The molecular formula is C25H16BrN3O6. The van der Waals surface area contributed by atoms with Gasteiger partial charge in [-0.05, 0) is 60.7 Å². The van der Waals surface area contributed by atoms with Gasteiger partial charge in [0.1, 0.15) is 17.2 Å². The minimum Gasteiger partial charge on any atom is -0.457 e. The van der Waals surface area contributed by atoms with Gasteiger partial charge in [0, 0.05) is 22.3 Å². The Balaban J connectivity index is 1.57. The van der Waals surface area contributed by atoms with Crippen molar-refractivity contribution in [2.75, 3.05) is 0 Å². The SMILES string of the molecule is O=[N+]([O-])c1ccc(Oc2ccc(Br)cc2C=Nc2ccc(Oc3ccccc3)cc2)c([N+](=O)[O-])c1. The number of non-ortho nitro benzene ring substituents is 1. The zero-order valence-electron chi connectivity index (χ0n) is 17.9. The maximum atomic E-state index is 11.4. The molecule has 35 heavy (non-hydrogen) atoms. The largest absolute Gasteiger partial charge is 0.457 e. The van der Waals surface area contributed by atoms with Crippen molar-refractivity contribution in [3.05, 3.63) is 121 Å². The molecule has 0 saturated heterocycles. The van der Waals surface area contributed by atoms with Crippen molar-refractivity contribution < 1.29 is 19.3 Å². The van der Waals surface area contributed by atoms with Crippen LogP contribution in [-0.2, 0) is 0 Å². The molecule has 174 valence electrons. The predicted octanol–water partition coefficient (Wildman–Crippen LogP) is 7.60. The summed E-state index contributed by atoms with van der Waals surface area (Å²) in [5, 5.41) is 22.4. The van der Waals surface area contributed by atoms with Crippen molar-refractivity contribution in [3.63, 3.8) is 0 Å². The van der Waals surface area contributed by atoms with E-state index in [1.807, 2.05) is 30.3 Å². The lowest BCUT2D eigenvalue weighted by molar-refractivity contribution is -0.394. The topological polar surface area (TPSA) is 117 Å². The first-order valence-corrected chi connectivity index (χ1v) is 11.0. The van der Waals surface area contributed by atoms with Crippen LogP contribution in [0.25, 0.3) is 0 Å². The van der Waals surface area contributed by atoms with E-state index < -0.39 is 21.2 Å². The molecule has 0 aromatic heterocycles. The van der Waals surface area contributed by atoms with Gasteiger partial charge in [-0.3, -0.25) is 25.2 Å². The number of nitro groups is 2. The van der Waals surface area contributed by atoms with E-state index >= 15 is 0 Å². The van der Waals surface area contributed by atoms with Gasteiger partial charge in [-0.15, -0.1) is 0 Å². The number of nitrogens with zero attached hydrogens (tertiary/aromatic N) is 3. The Bertz CT molecular complexity index is 1410. The molecule has 0 spiro atoms. The van der Waals surface area contributed by atoms with Gasteiger partial charge in [0.15, 0.2) is 0 Å². The third-order valence-corrected chi connectivity index (χ3v) is 5.20. The first-order chi connectivity index (χ1) is 16.9. The summed E-state index contributed by atoms with van der Waals surface area (Å²) >= 11 is 3.40. The normalized spacial score (nSPS) is 10.8. The standard InChI is InChI=1S/C25H16BrN3O6/c26-18-6-12-24(35-25-13-9-20(28(30)31)15-23(25)29(32)33)17(14-18)16-27-19-7-10-22(11-8-19)34-21-4-2-1-3-5-21/h1-16H. The minimum absolute atomic E-state index is 0.125. The molecule has 0 N–H and O–H groups in total. The second kappa shape index (κ2) is 10.6.